The Labute approximate surface area is 524 Å². The summed E-state index contributed by atoms with van der Waals surface area (Å²) >= 11 is 0. The summed E-state index contributed by atoms with van der Waals surface area (Å²) < 4.78 is 9.48. The molecule has 6 heteroatoms. The number of rotatable bonds is 9. The number of para-hydroxylation sites is 7. The van der Waals surface area contributed by atoms with E-state index < -0.39 is 0 Å². The second kappa shape index (κ2) is 20.7. The van der Waals surface area contributed by atoms with Gasteiger partial charge in [0.25, 0.3) is 0 Å². The molecule has 0 unspecified atom stereocenters. The molecule has 0 bridgehead atoms. The van der Waals surface area contributed by atoms with Gasteiger partial charge in [-0.05, 0) is 167 Å². The maximum absolute atomic E-state index is 12.4. The van der Waals surface area contributed by atoms with Crippen molar-refractivity contribution >= 4 is 87.2 Å². The van der Waals surface area contributed by atoms with Gasteiger partial charge in [-0.25, -0.2) is 0 Å². The molecule has 0 amide bonds. The van der Waals surface area contributed by atoms with Crippen molar-refractivity contribution in [1.29, 1.82) is 5.26 Å². The summed E-state index contributed by atoms with van der Waals surface area (Å²) in [5, 5.41) is 22.0. The van der Waals surface area contributed by atoms with E-state index in [4.69, 9.17) is 0 Å². The lowest BCUT2D eigenvalue weighted by atomic mass is 9.76. The average molecular weight is 1160 g/mol. The molecule has 5 aromatic heterocycles. The third kappa shape index (κ3) is 8.01. The van der Waals surface area contributed by atoms with E-state index in [-0.39, 0.29) is 0 Å². The Morgan fingerprint density at radius 1 is 0.253 bits per heavy atom. The second-order valence-electron chi connectivity index (χ2n) is 23.8. The number of pyridine rings is 1. The summed E-state index contributed by atoms with van der Waals surface area (Å²) in [4.78, 5) is 4.58. The fourth-order valence-corrected chi connectivity index (χ4v) is 14.9. The van der Waals surface area contributed by atoms with Gasteiger partial charge in [-0.3, -0.25) is 4.98 Å². The van der Waals surface area contributed by atoms with Crippen LogP contribution in [0.2, 0.25) is 0 Å². The Morgan fingerprint density at radius 2 is 0.495 bits per heavy atom. The van der Waals surface area contributed by atoms with Gasteiger partial charge < -0.3 is 18.3 Å². The summed E-state index contributed by atoms with van der Waals surface area (Å²) in [6, 6.07) is 110. The van der Waals surface area contributed by atoms with Crippen LogP contribution in [-0.2, 0) is 0 Å². The van der Waals surface area contributed by atoms with Gasteiger partial charge in [0.05, 0.1) is 49.7 Å². The van der Waals surface area contributed by atoms with Crippen molar-refractivity contribution in [2.24, 2.45) is 0 Å². The van der Waals surface area contributed by atoms with Crippen LogP contribution in [0.5, 0.6) is 0 Å². The first kappa shape index (κ1) is 51.9. The average Bonchev–Trinajstić information content (AvgIpc) is 1.62. The van der Waals surface area contributed by atoms with Gasteiger partial charge >= 0.3 is 0 Å². The van der Waals surface area contributed by atoms with Crippen LogP contribution in [0.25, 0.3) is 166 Å². The van der Waals surface area contributed by atoms with Crippen molar-refractivity contribution in [3.63, 3.8) is 0 Å². The lowest BCUT2D eigenvalue weighted by Gasteiger charge is -2.26. The normalized spacial score (nSPS) is 11.8. The molecule has 18 aromatic rings. The minimum Gasteiger partial charge on any atom is -0.309 e. The standard InChI is InChI=1S/C85H54N6/c1-54-30-47-80-71(52-54)70-22-8-15-29-79(70)91(80)63-45-37-58(38-46-63)85-83(56-33-41-61(42-34-56)89-75-25-11-4-18-66(75)67-19-5-12-26-76(67)89)81(55-31-39-60(40-32-55)88-73-23-9-2-16-64(73)65-17-3-10-24-74(65)88)72(53-86)82(59-48-50-87-51-49-59)84(85)57-35-43-62(44-36-57)90-77-27-13-6-20-68(77)69-21-7-14-28-78(69)90/h2-52H,1H3. The Bertz CT molecular complexity index is 5830. The third-order valence-electron chi connectivity index (χ3n) is 18.8. The lowest BCUT2D eigenvalue weighted by molar-refractivity contribution is 1.18. The number of aromatic nitrogens is 5. The Balaban J connectivity index is 0.938. The number of hydrogen-bond donors (Lipinski definition) is 0. The van der Waals surface area contributed by atoms with E-state index in [1.807, 2.05) is 12.4 Å². The van der Waals surface area contributed by atoms with Crippen molar-refractivity contribution in [1.82, 2.24) is 23.3 Å². The minimum atomic E-state index is 0.569. The van der Waals surface area contributed by atoms with E-state index in [1.54, 1.807) is 0 Å². The molecule has 0 aliphatic heterocycles. The van der Waals surface area contributed by atoms with E-state index in [2.05, 4.69) is 333 Å². The van der Waals surface area contributed by atoms with Gasteiger partial charge in [-0.15, -0.1) is 0 Å². The minimum absolute atomic E-state index is 0.569. The first-order valence-corrected chi connectivity index (χ1v) is 31.0. The number of fused-ring (bicyclic) bond motifs is 12. The number of hydrogen-bond acceptors (Lipinski definition) is 2. The first-order chi connectivity index (χ1) is 45.1. The van der Waals surface area contributed by atoms with Crippen molar-refractivity contribution in [3.05, 3.63) is 321 Å². The van der Waals surface area contributed by atoms with Gasteiger partial charge in [0, 0.05) is 89.4 Å². The highest BCUT2D eigenvalue weighted by Crippen LogP contribution is 2.54. The molecule has 0 atom stereocenters. The zero-order valence-electron chi connectivity index (χ0n) is 49.6. The highest BCUT2D eigenvalue weighted by atomic mass is 15.0. The highest BCUT2D eigenvalue weighted by Gasteiger charge is 2.30. The second-order valence-corrected chi connectivity index (χ2v) is 23.8. The lowest BCUT2D eigenvalue weighted by Crippen LogP contribution is -2.03. The van der Waals surface area contributed by atoms with E-state index >= 15 is 0 Å². The SMILES string of the molecule is Cc1ccc2c(c1)c1ccccc1n2-c1ccc(-c2c(-c3ccc(-n4c5ccccc5c5ccccc54)cc3)c(-c3ccncc3)c(C#N)c(-c3ccc(-n4c5ccccc5c5ccccc54)cc3)c2-c2ccc(-n3c4ccccc4c4ccccc43)cc2)cc1. The Morgan fingerprint density at radius 3 is 0.791 bits per heavy atom. The molecule has 0 aliphatic carbocycles. The summed E-state index contributed by atoms with van der Waals surface area (Å²) in [6.45, 7) is 2.16. The first-order valence-electron chi connectivity index (χ1n) is 31.0. The molecule has 0 saturated carbocycles. The monoisotopic (exact) mass is 1160 g/mol. The van der Waals surface area contributed by atoms with Gasteiger partial charge in [0.1, 0.15) is 6.07 Å². The van der Waals surface area contributed by atoms with Crippen LogP contribution in [0.4, 0.5) is 0 Å². The van der Waals surface area contributed by atoms with E-state index in [1.165, 1.54) is 48.7 Å². The quantitative estimate of drug-likeness (QED) is 0.145. The number of benzene rings is 13. The van der Waals surface area contributed by atoms with Crippen LogP contribution < -0.4 is 0 Å². The van der Waals surface area contributed by atoms with Crippen molar-refractivity contribution < 1.29 is 0 Å². The van der Waals surface area contributed by atoms with E-state index in [0.717, 1.165) is 123 Å². The molecule has 5 heterocycles. The van der Waals surface area contributed by atoms with Crippen LogP contribution in [0.3, 0.4) is 0 Å². The fraction of sp³-hybridized carbons (Fsp3) is 0.0118. The fourth-order valence-electron chi connectivity index (χ4n) is 14.9. The van der Waals surface area contributed by atoms with Crippen LogP contribution >= 0.6 is 0 Å². The summed E-state index contributed by atoms with van der Waals surface area (Å²) in [7, 11) is 0. The predicted octanol–water partition coefficient (Wildman–Crippen LogP) is 22.0. The maximum Gasteiger partial charge on any atom is 0.100 e. The van der Waals surface area contributed by atoms with E-state index in [0.29, 0.717) is 5.56 Å². The number of nitrogens with zero attached hydrogens (tertiary/aromatic N) is 6. The van der Waals surface area contributed by atoms with Crippen LogP contribution in [0.15, 0.2) is 310 Å². The molecular weight excluding hydrogens is 1100 g/mol. The van der Waals surface area contributed by atoms with Crippen molar-refractivity contribution in [2.75, 3.05) is 0 Å². The summed E-state index contributed by atoms with van der Waals surface area (Å²) in [5.74, 6) is 0. The zero-order chi connectivity index (χ0) is 60.3. The van der Waals surface area contributed by atoms with E-state index in [9.17, 15) is 5.26 Å². The highest BCUT2D eigenvalue weighted by molar-refractivity contribution is 6.15. The Hall–Kier alpha value is -12.3. The van der Waals surface area contributed by atoms with Gasteiger partial charge in [0.15, 0.2) is 0 Å². The zero-order valence-corrected chi connectivity index (χ0v) is 49.6. The molecule has 0 N–H and O–H groups in total. The van der Waals surface area contributed by atoms with Gasteiger partial charge in [0.2, 0.25) is 0 Å². The molecular formula is C85H54N6. The van der Waals surface area contributed by atoms with Crippen molar-refractivity contribution in [3.8, 4) is 84.5 Å². The Kier molecular flexibility index (Phi) is 11.8. The number of nitriles is 1. The molecule has 0 fully saturated rings. The molecule has 0 spiro atoms. The predicted molar refractivity (Wildman–Crippen MR) is 378 cm³/mol. The molecule has 0 saturated heterocycles. The van der Waals surface area contributed by atoms with Crippen LogP contribution in [0.1, 0.15) is 11.1 Å². The molecule has 0 radical (unpaired) electrons. The van der Waals surface area contributed by atoms with Crippen LogP contribution in [0, 0.1) is 18.3 Å². The summed E-state index contributed by atoms with van der Waals surface area (Å²) in [5.41, 5.74) is 24.4. The topological polar surface area (TPSA) is 56.4 Å². The molecule has 0 aliphatic rings. The molecule has 91 heavy (non-hydrogen) atoms. The third-order valence-corrected chi connectivity index (χ3v) is 18.8. The molecule has 6 nitrogen and oxygen atoms in total. The largest absolute Gasteiger partial charge is 0.309 e. The smallest absolute Gasteiger partial charge is 0.100 e. The molecule has 18 rings (SSSR count). The van der Waals surface area contributed by atoms with Gasteiger partial charge in [-0.2, -0.15) is 5.26 Å². The maximum atomic E-state index is 12.4. The molecule has 424 valence electrons. The number of aryl methyl sites for hydroxylation is 1. The summed E-state index contributed by atoms with van der Waals surface area (Å²) in [6.07, 6.45) is 3.68. The van der Waals surface area contributed by atoms with Crippen molar-refractivity contribution in [2.45, 2.75) is 6.92 Å². The van der Waals surface area contributed by atoms with Crippen LogP contribution in [-0.4, -0.2) is 23.3 Å². The molecule has 13 aromatic carbocycles. The van der Waals surface area contributed by atoms with Gasteiger partial charge in [-0.1, -0.05) is 188 Å².